The molecule has 1 atom stereocenters. The van der Waals surface area contributed by atoms with Gasteiger partial charge in [0.15, 0.2) is 0 Å². The van der Waals surface area contributed by atoms with Crippen molar-refractivity contribution in [3.63, 3.8) is 0 Å². The van der Waals surface area contributed by atoms with Crippen LogP contribution in [0.1, 0.15) is 54.4 Å². The van der Waals surface area contributed by atoms with Gasteiger partial charge in [0.05, 0.1) is 0 Å². The van der Waals surface area contributed by atoms with E-state index in [1.807, 2.05) is 0 Å². The standard InChI is InChI=1S/C19H28N4O3S/c1-2-13-6-7-16-17(13)12-14-4-3-5-15(14)18(16)21-19(24)22-27(25,26)23-10-8-20-9-11-23/h12-13,20H,2-11H2,1H3,(H2,21,22,24). The molecule has 2 aliphatic carbocycles. The number of piperazine rings is 1. The SMILES string of the molecule is CCC1CCc2c1cc1c(c2NC(=O)NS(=O)(=O)N2CCNCC2)CCC1. The Morgan fingerprint density at radius 3 is 2.74 bits per heavy atom. The summed E-state index contributed by atoms with van der Waals surface area (Å²) in [6.45, 7) is 4.14. The van der Waals surface area contributed by atoms with Crippen LogP contribution in [0.3, 0.4) is 0 Å². The highest BCUT2D eigenvalue weighted by atomic mass is 32.2. The normalized spacial score (nSPS) is 22.3. The molecule has 8 heteroatoms. The monoisotopic (exact) mass is 392 g/mol. The molecule has 2 amide bonds. The Hall–Kier alpha value is -1.64. The second-order valence-corrected chi connectivity index (χ2v) is 9.34. The molecule has 1 heterocycles. The van der Waals surface area contributed by atoms with E-state index in [2.05, 4.69) is 28.3 Å². The van der Waals surface area contributed by atoms with Crippen LogP contribution < -0.4 is 15.4 Å². The number of carbonyl (C=O) groups excluding carboxylic acids is 1. The number of amides is 2. The van der Waals surface area contributed by atoms with E-state index >= 15 is 0 Å². The van der Waals surface area contributed by atoms with Gasteiger partial charge in [0.2, 0.25) is 0 Å². The molecule has 0 radical (unpaired) electrons. The molecule has 7 nitrogen and oxygen atoms in total. The molecule has 27 heavy (non-hydrogen) atoms. The van der Waals surface area contributed by atoms with Gasteiger partial charge >= 0.3 is 16.2 Å². The van der Waals surface area contributed by atoms with Crippen molar-refractivity contribution in [3.05, 3.63) is 28.3 Å². The third-order valence-corrected chi connectivity index (χ3v) is 7.58. The Balaban J connectivity index is 1.57. The number of anilines is 1. The van der Waals surface area contributed by atoms with Crippen molar-refractivity contribution in [3.8, 4) is 0 Å². The zero-order chi connectivity index (χ0) is 19.0. The lowest BCUT2D eigenvalue weighted by molar-refractivity contribution is 0.255. The summed E-state index contributed by atoms with van der Waals surface area (Å²) >= 11 is 0. The molecule has 0 spiro atoms. The van der Waals surface area contributed by atoms with Gasteiger partial charge in [-0.3, -0.25) is 0 Å². The molecule has 3 aliphatic rings. The highest BCUT2D eigenvalue weighted by Crippen LogP contribution is 2.44. The molecule has 148 valence electrons. The molecule has 3 N–H and O–H groups in total. The Morgan fingerprint density at radius 1 is 1.22 bits per heavy atom. The summed E-state index contributed by atoms with van der Waals surface area (Å²) < 4.78 is 28.5. The molecule has 0 bridgehead atoms. The van der Waals surface area contributed by atoms with Crippen LogP contribution in [0.15, 0.2) is 6.07 Å². The van der Waals surface area contributed by atoms with Crippen LogP contribution in [0.25, 0.3) is 0 Å². The van der Waals surface area contributed by atoms with Crippen LogP contribution in [-0.2, 0) is 29.5 Å². The van der Waals surface area contributed by atoms with E-state index < -0.39 is 16.2 Å². The number of rotatable bonds is 4. The van der Waals surface area contributed by atoms with E-state index in [0.717, 1.165) is 44.2 Å². The fourth-order valence-corrected chi connectivity index (χ4v) is 5.78. The fraction of sp³-hybridized carbons (Fsp3) is 0.632. The average molecular weight is 393 g/mol. The molecule has 1 unspecified atom stereocenters. The summed E-state index contributed by atoms with van der Waals surface area (Å²) in [5.41, 5.74) is 5.93. The first-order valence-electron chi connectivity index (χ1n) is 9.96. The zero-order valence-electron chi connectivity index (χ0n) is 15.8. The van der Waals surface area contributed by atoms with Crippen LogP contribution >= 0.6 is 0 Å². The van der Waals surface area contributed by atoms with Gasteiger partial charge in [-0.15, -0.1) is 0 Å². The minimum Gasteiger partial charge on any atom is -0.314 e. The van der Waals surface area contributed by atoms with Crippen molar-refractivity contribution in [1.29, 1.82) is 0 Å². The summed E-state index contributed by atoms with van der Waals surface area (Å²) in [5.74, 6) is 0.541. The van der Waals surface area contributed by atoms with Crippen molar-refractivity contribution in [2.45, 2.75) is 51.4 Å². The predicted octanol–water partition coefficient (Wildman–Crippen LogP) is 1.89. The summed E-state index contributed by atoms with van der Waals surface area (Å²) in [6.07, 6.45) is 6.21. The molecule has 4 rings (SSSR count). The summed E-state index contributed by atoms with van der Waals surface area (Å²) in [7, 11) is -3.81. The van der Waals surface area contributed by atoms with Crippen LogP contribution in [-0.4, -0.2) is 44.9 Å². The number of fused-ring (bicyclic) bond motifs is 2. The number of nitrogens with zero attached hydrogens (tertiary/aromatic N) is 1. The zero-order valence-corrected chi connectivity index (χ0v) is 16.6. The average Bonchev–Trinajstić information content (AvgIpc) is 3.28. The third-order valence-electron chi connectivity index (χ3n) is 6.09. The van der Waals surface area contributed by atoms with Crippen molar-refractivity contribution >= 4 is 21.9 Å². The molecule has 1 aliphatic heterocycles. The second kappa shape index (κ2) is 7.41. The van der Waals surface area contributed by atoms with Gasteiger partial charge in [-0.05, 0) is 66.7 Å². The number of benzene rings is 1. The number of aryl methyl sites for hydroxylation is 1. The Labute approximate surface area is 161 Å². The van der Waals surface area contributed by atoms with E-state index in [4.69, 9.17) is 0 Å². The van der Waals surface area contributed by atoms with Gasteiger partial charge in [0.1, 0.15) is 0 Å². The maximum Gasteiger partial charge on any atom is 0.333 e. The van der Waals surface area contributed by atoms with Gasteiger partial charge in [-0.2, -0.15) is 12.7 Å². The number of hydrogen-bond donors (Lipinski definition) is 3. The number of nitrogens with one attached hydrogen (secondary N) is 3. The smallest absolute Gasteiger partial charge is 0.314 e. The molecule has 1 fully saturated rings. The molecule has 1 aromatic rings. The van der Waals surface area contributed by atoms with E-state index in [0.29, 0.717) is 32.1 Å². The van der Waals surface area contributed by atoms with E-state index in [9.17, 15) is 13.2 Å². The lowest BCUT2D eigenvalue weighted by Gasteiger charge is -2.26. The number of hydrogen-bond acceptors (Lipinski definition) is 4. The highest BCUT2D eigenvalue weighted by Gasteiger charge is 2.31. The lowest BCUT2D eigenvalue weighted by atomic mass is 9.93. The van der Waals surface area contributed by atoms with Crippen LogP contribution in [0, 0.1) is 0 Å². The summed E-state index contributed by atoms with van der Waals surface area (Å²) in [5, 5.41) is 6.02. The Bertz CT molecular complexity index is 847. The Kier molecular flexibility index (Phi) is 5.13. The summed E-state index contributed by atoms with van der Waals surface area (Å²) in [6, 6.07) is 1.68. The number of carbonyl (C=O) groups is 1. The van der Waals surface area contributed by atoms with E-state index in [1.165, 1.54) is 26.6 Å². The topological polar surface area (TPSA) is 90.5 Å². The van der Waals surface area contributed by atoms with Gasteiger partial charge < -0.3 is 10.6 Å². The molecule has 1 aromatic carbocycles. The molecular formula is C19H28N4O3S. The van der Waals surface area contributed by atoms with Crippen LogP contribution in [0.2, 0.25) is 0 Å². The van der Waals surface area contributed by atoms with E-state index in [1.54, 1.807) is 0 Å². The second-order valence-electron chi connectivity index (χ2n) is 7.66. The van der Waals surface area contributed by atoms with Crippen molar-refractivity contribution in [2.24, 2.45) is 0 Å². The first-order chi connectivity index (χ1) is 13.0. The van der Waals surface area contributed by atoms with Crippen molar-refractivity contribution < 1.29 is 13.2 Å². The third kappa shape index (κ3) is 3.58. The van der Waals surface area contributed by atoms with Gasteiger partial charge in [0, 0.05) is 31.9 Å². The maximum absolute atomic E-state index is 12.6. The minimum atomic E-state index is -3.81. The predicted molar refractivity (Wildman–Crippen MR) is 105 cm³/mol. The highest BCUT2D eigenvalue weighted by molar-refractivity contribution is 7.87. The maximum atomic E-state index is 12.6. The first-order valence-corrected chi connectivity index (χ1v) is 11.4. The van der Waals surface area contributed by atoms with Gasteiger partial charge in [-0.25, -0.2) is 9.52 Å². The van der Waals surface area contributed by atoms with Gasteiger partial charge in [0.25, 0.3) is 0 Å². The largest absolute Gasteiger partial charge is 0.333 e. The quantitative estimate of drug-likeness (QED) is 0.730. The molecular weight excluding hydrogens is 364 g/mol. The van der Waals surface area contributed by atoms with E-state index in [-0.39, 0.29) is 0 Å². The molecule has 0 aromatic heterocycles. The molecule has 0 saturated carbocycles. The van der Waals surface area contributed by atoms with Gasteiger partial charge in [-0.1, -0.05) is 13.0 Å². The Morgan fingerprint density at radius 2 is 2.00 bits per heavy atom. The van der Waals surface area contributed by atoms with Crippen molar-refractivity contribution in [2.75, 3.05) is 31.5 Å². The van der Waals surface area contributed by atoms with Crippen LogP contribution in [0.4, 0.5) is 10.5 Å². The first kappa shape index (κ1) is 18.7. The van der Waals surface area contributed by atoms with Crippen molar-refractivity contribution in [1.82, 2.24) is 14.3 Å². The number of urea groups is 1. The molecule has 1 saturated heterocycles. The lowest BCUT2D eigenvalue weighted by Crippen LogP contribution is -2.52. The fourth-order valence-electron chi connectivity index (χ4n) is 4.70. The minimum absolute atomic E-state index is 0.372. The summed E-state index contributed by atoms with van der Waals surface area (Å²) in [4.78, 5) is 12.6. The van der Waals surface area contributed by atoms with Crippen LogP contribution in [0.5, 0.6) is 0 Å².